The molecule has 0 saturated heterocycles. The fourth-order valence-electron chi connectivity index (χ4n) is 6.63. The second-order valence-electron chi connectivity index (χ2n) is 11.8. The molecule has 1 aromatic heterocycles. The van der Waals surface area contributed by atoms with E-state index < -0.39 is 0 Å². The van der Waals surface area contributed by atoms with E-state index in [9.17, 15) is 0 Å². The summed E-state index contributed by atoms with van der Waals surface area (Å²) in [5.74, 6) is 1.45. The maximum atomic E-state index is 6.46. The summed E-state index contributed by atoms with van der Waals surface area (Å²) in [5.41, 5.74) is 9.28. The highest BCUT2D eigenvalue weighted by Gasteiger charge is 2.25. The Morgan fingerprint density at radius 3 is 1.81 bits per heavy atom. The third-order valence-electron chi connectivity index (χ3n) is 8.94. The molecule has 0 fully saturated rings. The summed E-state index contributed by atoms with van der Waals surface area (Å²) in [7, 11) is 0. The highest BCUT2D eigenvalue weighted by Crippen LogP contribution is 2.39. The monoisotopic (exact) mass is 603 g/mol. The average Bonchev–Trinajstić information content (AvgIpc) is 3.54. The first-order valence-electron chi connectivity index (χ1n) is 15.9. The first-order valence-corrected chi connectivity index (χ1v) is 15.9. The topological polar surface area (TPSA) is 49.9 Å². The van der Waals surface area contributed by atoms with Gasteiger partial charge in [0.05, 0.1) is 0 Å². The van der Waals surface area contributed by atoms with Gasteiger partial charge in [-0.2, -0.15) is 0 Å². The van der Waals surface area contributed by atoms with E-state index in [1.807, 2.05) is 30.3 Å². The molecule has 9 rings (SSSR count). The van der Waals surface area contributed by atoms with Gasteiger partial charge < -0.3 is 9.73 Å². The molecule has 1 aliphatic heterocycles. The Morgan fingerprint density at radius 1 is 0.468 bits per heavy atom. The molecule has 4 nitrogen and oxygen atoms in total. The van der Waals surface area contributed by atoms with Gasteiger partial charge in [-0.15, -0.1) is 0 Å². The summed E-state index contributed by atoms with van der Waals surface area (Å²) in [6.45, 7) is 0. The minimum Gasteiger partial charge on any atom is -0.456 e. The lowest BCUT2D eigenvalue weighted by atomic mass is 9.96. The van der Waals surface area contributed by atoms with Crippen LogP contribution in [0.15, 0.2) is 178 Å². The van der Waals surface area contributed by atoms with Crippen molar-refractivity contribution >= 4 is 44.4 Å². The third-order valence-corrected chi connectivity index (χ3v) is 8.94. The van der Waals surface area contributed by atoms with E-state index >= 15 is 0 Å². The predicted molar refractivity (Wildman–Crippen MR) is 194 cm³/mol. The smallest absolute Gasteiger partial charge is 0.159 e. The molecule has 4 heteroatoms. The number of hydrogen-bond donors (Lipinski definition) is 1. The van der Waals surface area contributed by atoms with Crippen molar-refractivity contribution in [2.45, 2.75) is 6.17 Å². The molecule has 8 aromatic rings. The van der Waals surface area contributed by atoms with Gasteiger partial charge >= 0.3 is 0 Å². The van der Waals surface area contributed by atoms with Crippen LogP contribution < -0.4 is 5.32 Å². The number of benzene rings is 7. The number of nitrogens with one attached hydrogen (secondary N) is 1. The Hall–Kier alpha value is -6.26. The van der Waals surface area contributed by atoms with Crippen molar-refractivity contribution in [2.75, 3.05) is 0 Å². The maximum Gasteiger partial charge on any atom is 0.159 e. The number of furan rings is 1. The van der Waals surface area contributed by atoms with Gasteiger partial charge in [0.2, 0.25) is 0 Å². The SMILES string of the molecule is c1ccc(-c2ccc(C3=NC(c4ccc5ccccc5c4)NC(c4cccc5oc6cccc(-c7ccccc7)c6c45)=N3)cc2)cc1. The van der Waals surface area contributed by atoms with Crippen LogP contribution in [0.2, 0.25) is 0 Å². The summed E-state index contributed by atoms with van der Waals surface area (Å²) in [6, 6.07) is 56.9. The van der Waals surface area contributed by atoms with Crippen LogP contribution in [0.4, 0.5) is 0 Å². The van der Waals surface area contributed by atoms with E-state index in [0.717, 1.165) is 61.2 Å². The van der Waals surface area contributed by atoms with Crippen molar-refractivity contribution in [2.24, 2.45) is 9.98 Å². The summed E-state index contributed by atoms with van der Waals surface area (Å²) in [5, 5.41) is 8.20. The largest absolute Gasteiger partial charge is 0.456 e. The van der Waals surface area contributed by atoms with Gasteiger partial charge in [-0.25, -0.2) is 9.98 Å². The zero-order valence-electron chi connectivity index (χ0n) is 25.5. The van der Waals surface area contributed by atoms with Gasteiger partial charge in [-0.1, -0.05) is 146 Å². The van der Waals surface area contributed by atoms with Crippen molar-refractivity contribution in [1.29, 1.82) is 0 Å². The summed E-state index contributed by atoms with van der Waals surface area (Å²) in [4.78, 5) is 10.4. The zero-order valence-corrected chi connectivity index (χ0v) is 25.5. The fraction of sp³-hybridized carbons (Fsp3) is 0.0233. The van der Waals surface area contributed by atoms with Crippen LogP contribution in [0.1, 0.15) is 22.9 Å². The molecule has 0 amide bonds. The first kappa shape index (κ1) is 27.1. The molecule has 1 unspecified atom stereocenters. The lowest BCUT2D eigenvalue weighted by Crippen LogP contribution is -2.33. The molecule has 47 heavy (non-hydrogen) atoms. The van der Waals surface area contributed by atoms with Crippen LogP contribution in [0.25, 0.3) is 55.0 Å². The van der Waals surface area contributed by atoms with E-state index in [1.54, 1.807) is 0 Å². The van der Waals surface area contributed by atoms with Gasteiger partial charge in [-0.05, 0) is 56.8 Å². The van der Waals surface area contributed by atoms with Gasteiger partial charge in [-0.3, -0.25) is 0 Å². The van der Waals surface area contributed by atoms with Crippen molar-refractivity contribution in [3.05, 3.63) is 180 Å². The van der Waals surface area contributed by atoms with E-state index in [1.165, 1.54) is 16.3 Å². The molecule has 0 aliphatic carbocycles. The van der Waals surface area contributed by atoms with Gasteiger partial charge in [0, 0.05) is 21.9 Å². The molecule has 1 N–H and O–H groups in total. The quantitative estimate of drug-likeness (QED) is 0.213. The van der Waals surface area contributed by atoms with Gasteiger partial charge in [0.15, 0.2) is 5.84 Å². The molecule has 1 aliphatic rings. The van der Waals surface area contributed by atoms with Crippen LogP contribution in [-0.4, -0.2) is 11.7 Å². The molecule has 0 radical (unpaired) electrons. The third kappa shape index (κ3) is 4.88. The van der Waals surface area contributed by atoms with Crippen molar-refractivity contribution in [3.63, 3.8) is 0 Å². The van der Waals surface area contributed by atoms with Crippen LogP contribution in [0.3, 0.4) is 0 Å². The summed E-state index contributed by atoms with van der Waals surface area (Å²) in [6.07, 6.45) is -0.335. The maximum absolute atomic E-state index is 6.46. The fourth-order valence-corrected chi connectivity index (χ4v) is 6.63. The molecule has 0 bridgehead atoms. The number of rotatable bonds is 5. The predicted octanol–water partition coefficient (Wildman–Crippen LogP) is 10.6. The average molecular weight is 604 g/mol. The van der Waals surface area contributed by atoms with E-state index in [2.05, 4.69) is 139 Å². The molecule has 1 atom stereocenters. The molecule has 2 heterocycles. The lowest BCUT2D eigenvalue weighted by Gasteiger charge is -2.24. The second-order valence-corrected chi connectivity index (χ2v) is 11.8. The molecule has 7 aromatic carbocycles. The van der Waals surface area contributed by atoms with E-state index in [0.29, 0.717) is 5.84 Å². The minimum atomic E-state index is -0.335. The zero-order chi connectivity index (χ0) is 31.2. The van der Waals surface area contributed by atoms with Gasteiger partial charge in [0.1, 0.15) is 23.2 Å². The van der Waals surface area contributed by atoms with Crippen LogP contribution in [0.5, 0.6) is 0 Å². The Labute approximate surface area is 272 Å². The molecular weight excluding hydrogens is 574 g/mol. The normalized spacial score (nSPS) is 14.6. The minimum absolute atomic E-state index is 0.335. The standard InChI is InChI=1S/C43H29N3O/c1-3-11-28(12-4-1)30-21-24-32(25-22-30)41-44-42(34-26-23-29-13-7-8-16-33(29)27-34)46-43(45-41)36-18-10-20-38-40(36)39-35(17-9-19-37(39)47-38)31-14-5-2-6-15-31/h1-27,42H,(H,44,45,46). The highest BCUT2D eigenvalue weighted by atomic mass is 16.3. The van der Waals surface area contributed by atoms with Crippen molar-refractivity contribution in [1.82, 2.24) is 5.32 Å². The number of hydrogen-bond acceptors (Lipinski definition) is 4. The van der Waals surface area contributed by atoms with Crippen molar-refractivity contribution in [3.8, 4) is 22.3 Å². The first-order chi connectivity index (χ1) is 23.3. The van der Waals surface area contributed by atoms with Crippen LogP contribution in [-0.2, 0) is 0 Å². The number of amidine groups is 2. The Bertz CT molecular complexity index is 2480. The Kier molecular flexibility index (Phi) is 6.50. The second kappa shape index (κ2) is 11.3. The number of nitrogens with zero attached hydrogens (tertiary/aromatic N) is 2. The molecule has 0 saturated carbocycles. The molecular formula is C43H29N3O. The highest BCUT2D eigenvalue weighted by molar-refractivity contribution is 6.24. The van der Waals surface area contributed by atoms with E-state index in [-0.39, 0.29) is 6.17 Å². The number of aliphatic imine (C=N–C) groups is 2. The molecule has 0 spiro atoms. The lowest BCUT2D eigenvalue weighted by molar-refractivity contribution is 0.668. The summed E-state index contributed by atoms with van der Waals surface area (Å²) < 4.78 is 6.46. The van der Waals surface area contributed by atoms with Crippen molar-refractivity contribution < 1.29 is 4.42 Å². The molecule has 222 valence electrons. The Balaban J connectivity index is 1.22. The Morgan fingerprint density at radius 2 is 1.06 bits per heavy atom. The van der Waals surface area contributed by atoms with Crippen LogP contribution >= 0.6 is 0 Å². The van der Waals surface area contributed by atoms with Crippen LogP contribution in [0, 0.1) is 0 Å². The summed E-state index contributed by atoms with van der Waals surface area (Å²) >= 11 is 0. The van der Waals surface area contributed by atoms with Gasteiger partial charge in [0.25, 0.3) is 0 Å². The van der Waals surface area contributed by atoms with E-state index in [4.69, 9.17) is 14.4 Å². The number of fused-ring (bicyclic) bond motifs is 4.